The minimum atomic E-state index is 0.107. The molecule has 2 aromatic rings. The molecule has 1 aliphatic heterocycles. The third kappa shape index (κ3) is 2.86. The van der Waals surface area contributed by atoms with Gasteiger partial charge in [-0.15, -0.1) is 11.3 Å². The molecule has 0 saturated carbocycles. The minimum Gasteiger partial charge on any atom is -0.355 e. The highest BCUT2D eigenvalue weighted by Crippen LogP contribution is 2.25. The molecule has 0 atom stereocenters. The van der Waals surface area contributed by atoms with Crippen LogP contribution in [0.1, 0.15) is 12.2 Å². The Hall–Kier alpha value is -1.24. The van der Waals surface area contributed by atoms with Gasteiger partial charge in [0.05, 0.1) is 6.54 Å². The summed E-state index contributed by atoms with van der Waals surface area (Å²) in [5.74, 6) is 0.824. The van der Waals surface area contributed by atoms with Crippen molar-refractivity contribution in [2.24, 2.45) is 0 Å². The fraction of sp³-hybridized carbons (Fsp3) is 0.417. The number of hydrogen-bond donors (Lipinski definition) is 1. The quantitative estimate of drug-likeness (QED) is 0.857. The van der Waals surface area contributed by atoms with E-state index in [4.69, 9.17) is 11.6 Å². The Kier molecular flexibility index (Phi) is 3.63. The van der Waals surface area contributed by atoms with Crippen LogP contribution in [-0.4, -0.2) is 40.4 Å². The van der Waals surface area contributed by atoms with Gasteiger partial charge in [-0.3, -0.25) is 9.69 Å². The van der Waals surface area contributed by atoms with E-state index in [1.807, 2.05) is 11.4 Å². The van der Waals surface area contributed by atoms with Crippen molar-refractivity contribution in [3.05, 3.63) is 22.4 Å². The van der Waals surface area contributed by atoms with Crippen molar-refractivity contribution < 1.29 is 4.79 Å². The van der Waals surface area contributed by atoms with Gasteiger partial charge in [-0.2, -0.15) is 0 Å². The number of hydrogen-bond acceptors (Lipinski definition) is 5. The second-order valence-electron chi connectivity index (χ2n) is 4.45. The zero-order valence-corrected chi connectivity index (χ0v) is 11.8. The summed E-state index contributed by atoms with van der Waals surface area (Å²) in [6.07, 6.45) is 0.523. The molecule has 5 nitrogen and oxygen atoms in total. The van der Waals surface area contributed by atoms with Crippen molar-refractivity contribution in [3.8, 4) is 0 Å². The van der Waals surface area contributed by atoms with Crippen LogP contribution in [0.25, 0.3) is 10.2 Å². The van der Waals surface area contributed by atoms with Gasteiger partial charge in [0.15, 0.2) is 0 Å². The molecule has 19 heavy (non-hydrogen) atoms. The van der Waals surface area contributed by atoms with Crippen LogP contribution in [0.15, 0.2) is 11.4 Å². The standard InChI is InChI=1S/C12H13ClN4OS/c13-11-8-2-6-19-12(8)16-9(15-11)7-17-4-1-10(18)14-3-5-17/h2,6H,1,3-5,7H2,(H,14,18). The Morgan fingerprint density at radius 1 is 1.42 bits per heavy atom. The van der Waals surface area contributed by atoms with Crippen molar-refractivity contribution in [1.82, 2.24) is 20.2 Å². The lowest BCUT2D eigenvalue weighted by atomic mass is 10.3. The number of fused-ring (bicyclic) bond motifs is 1. The number of amides is 1. The molecule has 1 saturated heterocycles. The molecular formula is C12H13ClN4OS. The van der Waals surface area contributed by atoms with Gasteiger partial charge < -0.3 is 5.32 Å². The maximum Gasteiger partial charge on any atom is 0.221 e. The lowest BCUT2D eigenvalue weighted by Crippen LogP contribution is -2.28. The van der Waals surface area contributed by atoms with Crippen molar-refractivity contribution in [2.45, 2.75) is 13.0 Å². The van der Waals surface area contributed by atoms with Crippen LogP contribution < -0.4 is 5.32 Å². The summed E-state index contributed by atoms with van der Waals surface area (Å²) in [7, 11) is 0. The first-order valence-electron chi connectivity index (χ1n) is 6.11. The van der Waals surface area contributed by atoms with Crippen molar-refractivity contribution in [2.75, 3.05) is 19.6 Å². The van der Waals surface area contributed by atoms with E-state index in [0.717, 1.165) is 23.3 Å². The highest BCUT2D eigenvalue weighted by atomic mass is 35.5. The topological polar surface area (TPSA) is 58.1 Å². The monoisotopic (exact) mass is 296 g/mol. The molecule has 100 valence electrons. The highest BCUT2D eigenvalue weighted by Gasteiger charge is 2.15. The SMILES string of the molecule is O=C1CCN(Cc2nc(Cl)c3ccsc3n2)CCN1. The molecule has 0 bridgehead atoms. The van der Waals surface area contributed by atoms with Crippen LogP contribution >= 0.6 is 22.9 Å². The van der Waals surface area contributed by atoms with Gasteiger partial charge in [0, 0.05) is 31.4 Å². The van der Waals surface area contributed by atoms with Crippen molar-refractivity contribution in [3.63, 3.8) is 0 Å². The van der Waals surface area contributed by atoms with Gasteiger partial charge in [0.1, 0.15) is 15.8 Å². The number of carbonyl (C=O) groups is 1. The van der Waals surface area contributed by atoms with E-state index < -0.39 is 0 Å². The lowest BCUT2D eigenvalue weighted by Gasteiger charge is -2.17. The van der Waals surface area contributed by atoms with Gasteiger partial charge in [0.2, 0.25) is 5.91 Å². The zero-order chi connectivity index (χ0) is 13.2. The average molecular weight is 297 g/mol. The molecule has 0 radical (unpaired) electrons. The zero-order valence-electron chi connectivity index (χ0n) is 10.2. The number of nitrogens with zero attached hydrogens (tertiary/aromatic N) is 3. The Labute approximate surface area is 119 Å². The van der Waals surface area contributed by atoms with E-state index in [-0.39, 0.29) is 5.91 Å². The molecule has 0 aliphatic carbocycles. The fourth-order valence-electron chi connectivity index (χ4n) is 2.10. The minimum absolute atomic E-state index is 0.107. The first-order valence-corrected chi connectivity index (χ1v) is 7.37. The largest absolute Gasteiger partial charge is 0.355 e. The van der Waals surface area contributed by atoms with Gasteiger partial charge in [-0.1, -0.05) is 11.6 Å². The average Bonchev–Trinajstić information content (AvgIpc) is 2.75. The summed E-state index contributed by atoms with van der Waals surface area (Å²) in [4.78, 5) is 23.2. The maximum atomic E-state index is 11.3. The van der Waals surface area contributed by atoms with Crippen LogP contribution in [0.2, 0.25) is 5.15 Å². The normalized spacial score (nSPS) is 17.4. The van der Waals surface area contributed by atoms with Crippen LogP contribution in [-0.2, 0) is 11.3 Å². The summed E-state index contributed by atoms with van der Waals surface area (Å²) >= 11 is 7.71. The van der Waals surface area contributed by atoms with Crippen LogP contribution in [0.5, 0.6) is 0 Å². The second kappa shape index (κ2) is 5.40. The van der Waals surface area contributed by atoms with Gasteiger partial charge in [-0.25, -0.2) is 9.97 Å². The third-order valence-electron chi connectivity index (χ3n) is 3.10. The van der Waals surface area contributed by atoms with Gasteiger partial charge in [0.25, 0.3) is 0 Å². The van der Waals surface area contributed by atoms with E-state index >= 15 is 0 Å². The Morgan fingerprint density at radius 2 is 2.32 bits per heavy atom. The second-order valence-corrected chi connectivity index (χ2v) is 5.70. The third-order valence-corrected chi connectivity index (χ3v) is 4.19. The number of carbonyl (C=O) groups excluding carboxylic acids is 1. The molecule has 1 N–H and O–H groups in total. The van der Waals surface area contributed by atoms with Crippen LogP contribution in [0.3, 0.4) is 0 Å². The summed E-state index contributed by atoms with van der Waals surface area (Å²) in [6.45, 7) is 2.85. The summed E-state index contributed by atoms with van der Waals surface area (Å²) in [5, 5.41) is 6.22. The molecule has 0 spiro atoms. The highest BCUT2D eigenvalue weighted by molar-refractivity contribution is 7.16. The van der Waals surface area contributed by atoms with E-state index in [1.165, 1.54) is 0 Å². The molecule has 0 unspecified atom stereocenters. The molecule has 3 rings (SSSR count). The smallest absolute Gasteiger partial charge is 0.221 e. The molecule has 1 aliphatic rings. The van der Waals surface area contributed by atoms with Gasteiger partial charge >= 0.3 is 0 Å². The molecular weight excluding hydrogens is 284 g/mol. The van der Waals surface area contributed by atoms with Crippen LogP contribution in [0, 0.1) is 0 Å². The predicted octanol–water partition coefficient (Wildman–Crippen LogP) is 1.67. The Bertz CT molecular complexity index is 615. The summed E-state index contributed by atoms with van der Waals surface area (Å²) in [6, 6.07) is 1.93. The first kappa shape index (κ1) is 12.8. The van der Waals surface area contributed by atoms with Gasteiger partial charge in [-0.05, 0) is 11.4 Å². The van der Waals surface area contributed by atoms with E-state index in [2.05, 4.69) is 20.2 Å². The fourth-order valence-corrected chi connectivity index (χ4v) is 3.19. The molecule has 1 fully saturated rings. The van der Waals surface area contributed by atoms with E-state index in [9.17, 15) is 4.79 Å². The summed E-state index contributed by atoms with van der Waals surface area (Å²) in [5.41, 5.74) is 0. The molecule has 2 aromatic heterocycles. The number of thiophene rings is 1. The molecule has 3 heterocycles. The van der Waals surface area contributed by atoms with E-state index in [1.54, 1.807) is 11.3 Å². The van der Waals surface area contributed by atoms with Crippen LogP contribution in [0.4, 0.5) is 0 Å². The summed E-state index contributed by atoms with van der Waals surface area (Å²) < 4.78 is 0. The van der Waals surface area contributed by atoms with Crippen molar-refractivity contribution in [1.29, 1.82) is 0 Å². The number of nitrogens with one attached hydrogen (secondary N) is 1. The lowest BCUT2D eigenvalue weighted by molar-refractivity contribution is -0.120. The van der Waals surface area contributed by atoms with E-state index in [0.29, 0.717) is 30.5 Å². The Morgan fingerprint density at radius 3 is 3.21 bits per heavy atom. The molecule has 0 aromatic carbocycles. The number of aromatic nitrogens is 2. The number of halogens is 1. The first-order chi connectivity index (χ1) is 9.22. The number of rotatable bonds is 2. The van der Waals surface area contributed by atoms with Crippen molar-refractivity contribution >= 4 is 39.1 Å². The predicted molar refractivity (Wildman–Crippen MR) is 75.3 cm³/mol. The molecule has 1 amide bonds. The molecule has 7 heteroatoms. The Balaban J connectivity index is 1.78. The maximum absolute atomic E-state index is 11.3.